The molecule has 2 aromatic heterocycles. The second kappa shape index (κ2) is 8.07. The fourth-order valence-corrected chi connectivity index (χ4v) is 3.31. The summed E-state index contributed by atoms with van der Waals surface area (Å²) in [5, 5.41) is 3.03. The van der Waals surface area contributed by atoms with Gasteiger partial charge in [-0.05, 0) is 48.9 Å². The summed E-state index contributed by atoms with van der Waals surface area (Å²) in [4.78, 5) is 23.7. The van der Waals surface area contributed by atoms with Gasteiger partial charge in [-0.3, -0.25) is 4.79 Å². The number of anilines is 2. The normalized spacial score (nSPS) is 13.3. The van der Waals surface area contributed by atoms with E-state index in [-0.39, 0.29) is 5.91 Å². The number of nitrogens with one attached hydrogen (secondary N) is 1. The van der Waals surface area contributed by atoms with Crippen molar-refractivity contribution < 1.29 is 4.79 Å². The number of benzene rings is 1. The third-order valence-corrected chi connectivity index (χ3v) is 5.27. The molecule has 6 nitrogen and oxygen atoms in total. The van der Waals surface area contributed by atoms with Gasteiger partial charge in [0.15, 0.2) is 0 Å². The molecular weight excluding hydrogens is 362 g/mol. The predicted molar refractivity (Wildman–Crippen MR) is 116 cm³/mol. The lowest BCUT2D eigenvalue weighted by atomic mass is 10.1. The molecule has 1 N–H and O–H groups in total. The van der Waals surface area contributed by atoms with Gasteiger partial charge < -0.3 is 14.8 Å². The second-order valence-electron chi connectivity index (χ2n) is 7.88. The molecule has 0 bridgehead atoms. The number of nitrogens with zero attached hydrogens (tertiary/aromatic N) is 4. The average Bonchev–Trinajstić information content (AvgIpc) is 3.45. The Morgan fingerprint density at radius 3 is 2.41 bits per heavy atom. The summed E-state index contributed by atoms with van der Waals surface area (Å²) in [5.74, 6) is 1.24. The van der Waals surface area contributed by atoms with Crippen LogP contribution in [0.15, 0.2) is 48.9 Å². The molecule has 150 valence electrons. The third-order valence-electron chi connectivity index (χ3n) is 5.27. The van der Waals surface area contributed by atoms with Crippen LogP contribution in [0.2, 0.25) is 0 Å². The maximum atomic E-state index is 13.0. The summed E-state index contributed by atoms with van der Waals surface area (Å²) in [6, 6.07) is 9.95. The summed E-state index contributed by atoms with van der Waals surface area (Å²) < 4.78 is 2.07. The van der Waals surface area contributed by atoms with Gasteiger partial charge in [0.1, 0.15) is 5.69 Å². The summed E-state index contributed by atoms with van der Waals surface area (Å²) in [5.41, 5.74) is 4.60. The van der Waals surface area contributed by atoms with Crippen LogP contribution in [0.3, 0.4) is 0 Å². The molecule has 6 heteroatoms. The highest BCUT2D eigenvalue weighted by molar-refractivity contribution is 6.04. The minimum atomic E-state index is -0.0908. The van der Waals surface area contributed by atoms with Crippen molar-refractivity contribution in [1.29, 1.82) is 0 Å². The summed E-state index contributed by atoms with van der Waals surface area (Å²) in [7, 11) is 3.83. The molecule has 0 aliphatic heterocycles. The zero-order valence-electron chi connectivity index (χ0n) is 17.2. The Hall–Kier alpha value is -3.15. The number of carbonyl (C=O) groups is 1. The van der Waals surface area contributed by atoms with Gasteiger partial charge in [0, 0.05) is 56.0 Å². The largest absolute Gasteiger partial charge is 0.347 e. The van der Waals surface area contributed by atoms with Crippen LogP contribution >= 0.6 is 0 Å². The molecular formula is C23H27N5O. The van der Waals surface area contributed by atoms with Gasteiger partial charge in [-0.1, -0.05) is 19.1 Å². The van der Waals surface area contributed by atoms with E-state index in [1.54, 1.807) is 0 Å². The van der Waals surface area contributed by atoms with Crippen molar-refractivity contribution in [3.05, 3.63) is 60.2 Å². The van der Waals surface area contributed by atoms with E-state index in [1.165, 1.54) is 18.4 Å². The van der Waals surface area contributed by atoms with Gasteiger partial charge in [0.05, 0.1) is 0 Å². The molecule has 0 unspecified atom stereocenters. The van der Waals surface area contributed by atoms with Crippen LogP contribution in [0, 0.1) is 5.92 Å². The maximum Gasteiger partial charge on any atom is 0.272 e. The topological polar surface area (TPSA) is 63.1 Å². The van der Waals surface area contributed by atoms with Crippen LogP contribution in [-0.4, -0.2) is 34.5 Å². The van der Waals surface area contributed by atoms with Crippen LogP contribution < -0.4 is 10.2 Å². The first-order valence-electron chi connectivity index (χ1n) is 10.1. The van der Waals surface area contributed by atoms with E-state index in [1.807, 2.05) is 67.9 Å². The molecule has 0 spiro atoms. The van der Waals surface area contributed by atoms with Crippen molar-refractivity contribution in [2.45, 2.75) is 32.7 Å². The van der Waals surface area contributed by atoms with E-state index in [0.717, 1.165) is 29.8 Å². The highest BCUT2D eigenvalue weighted by Crippen LogP contribution is 2.32. The average molecular weight is 390 g/mol. The summed E-state index contributed by atoms with van der Waals surface area (Å²) in [6.07, 6.45) is 9.11. The molecule has 3 aromatic rings. The van der Waals surface area contributed by atoms with Crippen LogP contribution in [0.5, 0.6) is 0 Å². The Balaban J connectivity index is 1.59. The number of carbonyl (C=O) groups excluding carboxylic acids is 1. The smallest absolute Gasteiger partial charge is 0.272 e. The van der Waals surface area contributed by atoms with Crippen molar-refractivity contribution in [1.82, 2.24) is 14.5 Å². The first-order chi connectivity index (χ1) is 14.0. The van der Waals surface area contributed by atoms with E-state index in [9.17, 15) is 4.79 Å². The van der Waals surface area contributed by atoms with Gasteiger partial charge in [-0.15, -0.1) is 0 Å². The van der Waals surface area contributed by atoms with Gasteiger partial charge in [-0.25, -0.2) is 9.97 Å². The van der Waals surface area contributed by atoms with Crippen molar-refractivity contribution in [3.8, 4) is 11.1 Å². The van der Waals surface area contributed by atoms with E-state index < -0.39 is 0 Å². The molecule has 1 aliphatic rings. The van der Waals surface area contributed by atoms with E-state index >= 15 is 0 Å². The highest BCUT2D eigenvalue weighted by Gasteiger charge is 2.24. The van der Waals surface area contributed by atoms with Gasteiger partial charge in [-0.2, -0.15) is 0 Å². The third kappa shape index (κ3) is 4.47. The standard InChI is InChI=1S/C23H27N5O/c1-4-16-7-9-20(10-8-16)26-22(29)21-11-18(15-28(21)14-17-5-6-17)19-12-24-23(25-13-19)27(2)3/h7-13,15,17H,4-6,14H2,1-3H3,(H,26,29). The Bertz CT molecular complexity index is 985. The number of hydrogen-bond acceptors (Lipinski definition) is 4. The fourth-order valence-electron chi connectivity index (χ4n) is 3.31. The quantitative estimate of drug-likeness (QED) is 0.657. The summed E-state index contributed by atoms with van der Waals surface area (Å²) in [6.45, 7) is 2.99. The molecule has 0 atom stereocenters. The second-order valence-corrected chi connectivity index (χ2v) is 7.88. The van der Waals surface area contributed by atoms with Gasteiger partial charge >= 0.3 is 0 Å². The minimum absolute atomic E-state index is 0.0908. The Kier molecular flexibility index (Phi) is 5.34. The number of aryl methyl sites for hydroxylation is 1. The molecule has 0 saturated heterocycles. The van der Waals surface area contributed by atoms with E-state index in [4.69, 9.17) is 0 Å². The van der Waals surface area contributed by atoms with Crippen LogP contribution in [0.25, 0.3) is 11.1 Å². The molecule has 1 aliphatic carbocycles. The zero-order chi connectivity index (χ0) is 20.4. The zero-order valence-corrected chi connectivity index (χ0v) is 17.2. The Morgan fingerprint density at radius 2 is 1.83 bits per heavy atom. The van der Waals surface area contributed by atoms with Crippen molar-refractivity contribution in [3.63, 3.8) is 0 Å². The minimum Gasteiger partial charge on any atom is -0.347 e. The summed E-state index contributed by atoms with van der Waals surface area (Å²) >= 11 is 0. The van der Waals surface area contributed by atoms with Gasteiger partial charge in [0.2, 0.25) is 5.95 Å². The van der Waals surface area contributed by atoms with Crippen molar-refractivity contribution in [2.24, 2.45) is 5.92 Å². The monoisotopic (exact) mass is 389 g/mol. The molecule has 29 heavy (non-hydrogen) atoms. The molecule has 1 aromatic carbocycles. The lowest BCUT2D eigenvalue weighted by Gasteiger charge is -2.09. The van der Waals surface area contributed by atoms with Crippen molar-refractivity contribution in [2.75, 3.05) is 24.3 Å². The maximum absolute atomic E-state index is 13.0. The highest BCUT2D eigenvalue weighted by atomic mass is 16.1. The lowest BCUT2D eigenvalue weighted by Crippen LogP contribution is -2.17. The Labute approximate surface area is 171 Å². The number of aromatic nitrogens is 3. The molecule has 1 fully saturated rings. The fraction of sp³-hybridized carbons (Fsp3) is 0.348. The first kappa shape index (κ1) is 19.2. The van der Waals surface area contributed by atoms with Crippen molar-refractivity contribution >= 4 is 17.5 Å². The van der Waals surface area contributed by atoms with Crippen LogP contribution in [0.1, 0.15) is 35.8 Å². The molecule has 1 saturated carbocycles. The first-order valence-corrected chi connectivity index (χ1v) is 10.1. The molecule has 2 heterocycles. The Morgan fingerprint density at radius 1 is 1.14 bits per heavy atom. The molecule has 1 amide bonds. The SMILES string of the molecule is CCc1ccc(NC(=O)c2cc(-c3cnc(N(C)C)nc3)cn2CC2CC2)cc1. The van der Waals surface area contributed by atoms with Gasteiger partial charge in [0.25, 0.3) is 5.91 Å². The predicted octanol–water partition coefficient (Wildman–Crippen LogP) is 4.24. The molecule has 4 rings (SSSR count). The lowest BCUT2D eigenvalue weighted by molar-refractivity contribution is 0.101. The van der Waals surface area contributed by atoms with Crippen LogP contribution in [0.4, 0.5) is 11.6 Å². The number of hydrogen-bond donors (Lipinski definition) is 1. The van der Waals surface area contributed by atoms with E-state index in [2.05, 4.69) is 26.8 Å². The number of rotatable bonds is 7. The molecule has 0 radical (unpaired) electrons. The van der Waals surface area contributed by atoms with E-state index in [0.29, 0.717) is 17.6 Å². The number of amides is 1. The van der Waals surface area contributed by atoms with Crippen LogP contribution in [-0.2, 0) is 13.0 Å².